The summed E-state index contributed by atoms with van der Waals surface area (Å²) in [5.74, 6) is -1.09. The van der Waals surface area contributed by atoms with Gasteiger partial charge in [-0.2, -0.15) is 0 Å². The molecular formula is C23H24O4. The van der Waals surface area contributed by atoms with E-state index >= 15 is 0 Å². The summed E-state index contributed by atoms with van der Waals surface area (Å²) in [6.07, 6.45) is 1.10. The molecule has 4 nitrogen and oxygen atoms in total. The number of benzene rings is 2. The van der Waals surface area contributed by atoms with E-state index in [4.69, 9.17) is 0 Å². The lowest BCUT2D eigenvalue weighted by Gasteiger charge is -2.15. The largest absolute Gasteiger partial charge is 0.294 e. The van der Waals surface area contributed by atoms with Crippen LogP contribution < -0.4 is 0 Å². The molecule has 0 radical (unpaired) electrons. The fourth-order valence-electron chi connectivity index (χ4n) is 3.11. The van der Waals surface area contributed by atoms with Gasteiger partial charge in [-0.1, -0.05) is 44.2 Å². The number of ketones is 4. The van der Waals surface area contributed by atoms with Crippen molar-refractivity contribution >= 4 is 23.1 Å². The molecule has 0 saturated heterocycles. The van der Waals surface area contributed by atoms with Crippen molar-refractivity contribution in [2.24, 2.45) is 0 Å². The lowest BCUT2D eigenvalue weighted by Crippen LogP contribution is -2.19. The van der Waals surface area contributed by atoms with E-state index < -0.39 is 0 Å². The van der Waals surface area contributed by atoms with Crippen molar-refractivity contribution in [3.8, 4) is 0 Å². The Morgan fingerprint density at radius 3 is 1.89 bits per heavy atom. The minimum atomic E-state index is -0.297. The van der Waals surface area contributed by atoms with Crippen molar-refractivity contribution in [3.63, 3.8) is 0 Å². The van der Waals surface area contributed by atoms with Crippen LogP contribution in [0.3, 0.4) is 0 Å². The Morgan fingerprint density at radius 2 is 1.33 bits per heavy atom. The highest BCUT2D eigenvalue weighted by Crippen LogP contribution is 2.25. The van der Waals surface area contributed by atoms with E-state index in [-0.39, 0.29) is 64.6 Å². The third-order valence-electron chi connectivity index (χ3n) is 4.45. The highest BCUT2D eigenvalue weighted by molar-refractivity contribution is 6.19. The third-order valence-corrected chi connectivity index (χ3v) is 4.45. The van der Waals surface area contributed by atoms with Gasteiger partial charge in [0.1, 0.15) is 0 Å². The van der Waals surface area contributed by atoms with Crippen molar-refractivity contribution in [1.82, 2.24) is 0 Å². The van der Waals surface area contributed by atoms with E-state index in [1.54, 1.807) is 6.92 Å². The van der Waals surface area contributed by atoms with Gasteiger partial charge in [0.15, 0.2) is 23.1 Å². The van der Waals surface area contributed by atoms with Gasteiger partial charge in [0, 0.05) is 41.5 Å². The van der Waals surface area contributed by atoms with Crippen LogP contribution in [-0.2, 0) is 6.42 Å². The zero-order valence-electron chi connectivity index (χ0n) is 16.0. The molecule has 0 aliphatic heterocycles. The van der Waals surface area contributed by atoms with Crippen molar-refractivity contribution < 1.29 is 19.2 Å². The van der Waals surface area contributed by atoms with Crippen LogP contribution in [0.5, 0.6) is 0 Å². The molecule has 140 valence electrons. The van der Waals surface area contributed by atoms with Crippen LogP contribution in [0.25, 0.3) is 0 Å². The molecule has 0 amide bonds. The van der Waals surface area contributed by atoms with Crippen molar-refractivity contribution in [1.29, 1.82) is 0 Å². The van der Waals surface area contributed by atoms with E-state index in [9.17, 15) is 19.2 Å². The van der Waals surface area contributed by atoms with Crippen molar-refractivity contribution in [3.05, 3.63) is 70.3 Å². The molecule has 0 bridgehead atoms. The van der Waals surface area contributed by atoms with Gasteiger partial charge in [-0.05, 0) is 31.0 Å². The van der Waals surface area contributed by atoms with E-state index in [2.05, 4.69) is 0 Å². The summed E-state index contributed by atoms with van der Waals surface area (Å²) < 4.78 is 0. The molecule has 0 unspecified atom stereocenters. The molecule has 2 aromatic carbocycles. The Morgan fingerprint density at radius 1 is 0.741 bits per heavy atom. The molecule has 0 atom stereocenters. The van der Waals surface area contributed by atoms with E-state index in [1.165, 1.54) is 19.1 Å². The summed E-state index contributed by atoms with van der Waals surface area (Å²) in [6, 6.07) is 12.2. The van der Waals surface area contributed by atoms with Crippen LogP contribution in [0.4, 0.5) is 0 Å². The van der Waals surface area contributed by atoms with Gasteiger partial charge in [0.25, 0.3) is 0 Å². The lowest BCUT2D eigenvalue weighted by molar-refractivity contribution is 0.0933. The molecule has 0 aliphatic carbocycles. The second-order valence-electron chi connectivity index (χ2n) is 6.50. The summed E-state index contributed by atoms with van der Waals surface area (Å²) in [5.41, 5.74) is 1.46. The standard InChI is InChI=1S/C23H24O4/c1-4-9-20(26)23-18(21(27)14-16-10-7-6-8-11-16)13-12-17(15(3)24)22(23)19(25)5-2/h6-8,10-13H,4-5,9,14H2,1-3H3. The van der Waals surface area contributed by atoms with Gasteiger partial charge in [0.2, 0.25) is 0 Å². The highest BCUT2D eigenvalue weighted by atomic mass is 16.1. The highest BCUT2D eigenvalue weighted by Gasteiger charge is 2.27. The number of carbonyl (C=O) groups is 4. The molecule has 0 saturated carbocycles. The van der Waals surface area contributed by atoms with E-state index in [1.807, 2.05) is 37.3 Å². The molecule has 2 aromatic rings. The Hall–Kier alpha value is -2.88. The van der Waals surface area contributed by atoms with Crippen molar-refractivity contribution in [2.45, 2.75) is 46.5 Å². The molecule has 0 aliphatic rings. The average molecular weight is 364 g/mol. The molecule has 4 heteroatoms. The monoisotopic (exact) mass is 364 g/mol. The van der Waals surface area contributed by atoms with E-state index in [0.29, 0.717) is 6.42 Å². The normalized spacial score (nSPS) is 10.5. The maximum atomic E-state index is 12.9. The molecule has 2 rings (SSSR count). The van der Waals surface area contributed by atoms with Gasteiger partial charge in [0.05, 0.1) is 0 Å². The summed E-state index contributed by atoms with van der Waals surface area (Å²) >= 11 is 0. The van der Waals surface area contributed by atoms with Crippen LogP contribution in [0, 0.1) is 0 Å². The minimum absolute atomic E-state index is 0.0994. The maximum absolute atomic E-state index is 12.9. The topological polar surface area (TPSA) is 68.3 Å². The number of hydrogen-bond donors (Lipinski definition) is 0. The smallest absolute Gasteiger partial charge is 0.167 e. The van der Waals surface area contributed by atoms with Crippen LogP contribution in [0.15, 0.2) is 42.5 Å². The van der Waals surface area contributed by atoms with Gasteiger partial charge in [-0.15, -0.1) is 0 Å². The number of rotatable bonds is 9. The molecule has 0 N–H and O–H groups in total. The van der Waals surface area contributed by atoms with E-state index in [0.717, 1.165) is 5.56 Å². The number of Topliss-reactive ketones (excluding diaryl/α,β-unsaturated/α-hetero) is 4. The first kappa shape index (κ1) is 20.4. The van der Waals surface area contributed by atoms with Gasteiger partial charge < -0.3 is 0 Å². The predicted molar refractivity (Wildman–Crippen MR) is 105 cm³/mol. The Kier molecular flexibility index (Phi) is 6.94. The minimum Gasteiger partial charge on any atom is -0.294 e. The summed E-state index contributed by atoms with van der Waals surface area (Å²) in [5, 5.41) is 0. The van der Waals surface area contributed by atoms with Gasteiger partial charge in [-0.3, -0.25) is 19.2 Å². The quantitative estimate of drug-likeness (QED) is 0.594. The average Bonchev–Trinajstić information content (AvgIpc) is 2.66. The predicted octanol–water partition coefficient (Wildman–Crippen LogP) is 4.89. The fraction of sp³-hybridized carbons (Fsp3) is 0.304. The fourth-order valence-corrected chi connectivity index (χ4v) is 3.11. The first-order valence-electron chi connectivity index (χ1n) is 9.22. The van der Waals surface area contributed by atoms with Crippen LogP contribution in [-0.4, -0.2) is 23.1 Å². The number of carbonyl (C=O) groups excluding carboxylic acids is 4. The lowest BCUT2D eigenvalue weighted by atomic mass is 9.85. The maximum Gasteiger partial charge on any atom is 0.167 e. The molecular weight excluding hydrogens is 340 g/mol. The number of hydrogen-bond acceptors (Lipinski definition) is 4. The van der Waals surface area contributed by atoms with Gasteiger partial charge >= 0.3 is 0 Å². The molecule has 0 spiro atoms. The van der Waals surface area contributed by atoms with Crippen LogP contribution in [0.1, 0.15) is 87.0 Å². The second kappa shape index (κ2) is 9.17. The first-order chi connectivity index (χ1) is 12.9. The Labute approximate surface area is 159 Å². The molecule has 27 heavy (non-hydrogen) atoms. The zero-order chi connectivity index (χ0) is 20.0. The molecule has 0 fully saturated rings. The Bertz CT molecular complexity index is 879. The zero-order valence-corrected chi connectivity index (χ0v) is 16.0. The van der Waals surface area contributed by atoms with Crippen LogP contribution >= 0.6 is 0 Å². The summed E-state index contributed by atoms with van der Waals surface area (Å²) in [6.45, 7) is 4.90. The first-order valence-corrected chi connectivity index (χ1v) is 9.22. The van der Waals surface area contributed by atoms with Crippen LogP contribution in [0.2, 0.25) is 0 Å². The molecule has 0 heterocycles. The second-order valence-corrected chi connectivity index (χ2v) is 6.50. The van der Waals surface area contributed by atoms with Crippen molar-refractivity contribution in [2.75, 3.05) is 0 Å². The van der Waals surface area contributed by atoms with Gasteiger partial charge in [-0.25, -0.2) is 0 Å². The summed E-state index contributed by atoms with van der Waals surface area (Å²) in [7, 11) is 0. The Balaban J connectivity index is 2.65. The summed E-state index contributed by atoms with van der Waals surface area (Å²) in [4.78, 5) is 50.4. The SMILES string of the molecule is CCCC(=O)c1c(C(=O)Cc2ccccc2)ccc(C(C)=O)c1C(=O)CC. The third kappa shape index (κ3) is 4.64. The molecule has 0 aromatic heterocycles.